The molecule has 0 N–H and O–H groups in total. The topological polar surface area (TPSA) is 129 Å². The number of aromatic nitrogens is 4. The maximum absolute atomic E-state index is 12.8. The third-order valence-electron chi connectivity index (χ3n) is 13.6. The summed E-state index contributed by atoms with van der Waals surface area (Å²) in [6, 6.07) is 35.8. The molecule has 4 aliphatic carbocycles. The van der Waals surface area contributed by atoms with E-state index in [0.717, 1.165) is 79.9 Å². The molecule has 4 aromatic carbocycles. The second-order valence-electron chi connectivity index (χ2n) is 17.9. The van der Waals surface area contributed by atoms with E-state index in [4.69, 9.17) is 16.3 Å². The number of halogens is 4. The van der Waals surface area contributed by atoms with Gasteiger partial charge in [-0.05, 0) is 137 Å². The van der Waals surface area contributed by atoms with Gasteiger partial charge in [-0.3, -0.25) is 39.1 Å². The van der Waals surface area contributed by atoms with Crippen molar-refractivity contribution in [1.29, 1.82) is 0 Å². The summed E-state index contributed by atoms with van der Waals surface area (Å²) < 4.78 is 43.8. The number of hydrogen-bond acceptors (Lipinski definition) is 9. The minimum Gasteiger partial charge on any atom is -0.496 e. The number of alkyl halides is 3. The van der Waals surface area contributed by atoms with Crippen molar-refractivity contribution >= 4 is 34.7 Å². The Morgan fingerprint density at radius 1 is 0.500 bits per heavy atom. The lowest BCUT2D eigenvalue weighted by molar-refractivity contribution is -0.137. The first-order chi connectivity index (χ1) is 34.8. The van der Waals surface area contributed by atoms with Crippen molar-refractivity contribution in [3.63, 3.8) is 0 Å². The Kier molecular flexibility index (Phi) is 14.4. The maximum atomic E-state index is 12.8. The van der Waals surface area contributed by atoms with Crippen LogP contribution in [0.25, 0.3) is 0 Å². The molecule has 0 radical (unpaired) electrons. The Hall–Kier alpha value is -7.96. The summed E-state index contributed by atoms with van der Waals surface area (Å²) in [4.78, 5) is 64.1. The van der Waals surface area contributed by atoms with Gasteiger partial charge in [-0.15, -0.1) is 0 Å². The molecule has 9 nitrogen and oxygen atoms in total. The number of benzene rings is 4. The van der Waals surface area contributed by atoms with Gasteiger partial charge in [0.2, 0.25) is 0 Å². The predicted molar refractivity (Wildman–Crippen MR) is 267 cm³/mol. The van der Waals surface area contributed by atoms with Crippen LogP contribution in [0, 0.1) is 6.92 Å². The van der Waals surface area contributed by atoms with Crippen LogP contribution in [-0.2, 0) is 12.6 Å². The Balaban J connectivity index is 0.000000119. The molecule has 12 rings (SSSR count). The molecule has 4 aromatic heterocycles. The van der Waals surface area contributed by atoms with E-state index in [2.05, 4.69) is 32.1 Å². The quantitative estimate of drug-likeness (QED) is 0.165. The van der Waals surface area contributed by atoms with Crippen LogP contribution < -0.4 is 4.74 Å². The van der Waals surface area contributed by atoms with Crippen molar-refractivity contribution in [3.05, 3.63) is 254 Å². The second-order valence-corrected chi connectivity index (χ2v) is 18.3. The van der Waals surface area contributed by atoms with E-state index in [0.29, 0.717) is 29.0 Å². The lowest BCUT2D eigenvalue weighted by Crippen LogP contribution is -2.06. The lowest BCUT2D eigenvalue weighted by atomic mass is 9.93. The second kappa shape index (κ2) is 21.2. The zero-order chi connectivity index (χ0) is 50.5. The Bertz CT molecular complexity index is 3300. The third-order valence-corrected chi connectivity index (χ3v) is 13.8. The monoisotopic (exact) mass is 982 g/mol. The summed E-state index contributed by atoms with van der Waals surface area (Å²) in [6.45, 7) is 2.02. The van der Waals surface area contributed by atoms with E-state index < -0.39 is 11.7 Å². The Morgan fingerprint density at radius 3 is 1.58 bits per heavy atom. The van der Waals surface area contributed by atoms with Crippen LogP contribution in [0.1, 0.15) is 140 Å². The molecule has 0 fully saturated rings. The van der Waals surface area contributed by atoms with Crippen LogP contribution in [-0.4, -0.2) is 50.2 Å². The molecule has 0 spiro atoms. The van der Waals surface area contributed by atoms with E-state index >= 15 is 0 Å². The van der Waals surface area contributed by atoms with E-state index in [9.17, 15) is 32.3 Å². The minimum atomic E-state index is -4.40. The van der Waals surface area contributed by atoms with Crippen LogP contribution in [0.3, 0.4) is 0 Å². The third kappa shape index (κ3) is 10.4. The van der Waals surface area contributed by atoms with Crippen molar-refractivity contribution in [2.45, 2.75) is 62.5 Å². The van der Waals surface area contributed by atoms with Crippen LogP contribution in [0.2, 0.25) is 5.02 Å². The number of carbonyl (C=O) groups excluding carboxylic acids is 4. The summed E-state index contributed by atoms with van der Waals surface area (Å²) in [5.74, 6) is 1.18. The number of fused-ring (bicyclic) bond motifs is 4. The Labute approximate surface area is 419 Å². The van der Waals surface area contributed by atoms with Gasteiger partial charge in [0, 0.05) is 119 Å². The van der Waals surface area contributed by atoms with Gasteiger partial charge >= 0.3 is 6.18 Å². The maximum Gasteiger partial charge on any atom is 0.416 e. The Morgan fingerprint density at radius 2 is 1.01 bits per heavy atom. The fraction of sp³-hybridized carbons (Fsp3) is 0.186. The number of ketones is 4. The van der Waals surface area contributed by atoms with Crippen molar-refractivity contribution < 1.29 is 37.1 Å². The zero-order valence-corrected chi connectivity index (χ0v) is 39.9. The predicted octanol–water partition coefficient (Wildman–Crippen LogP) is 13.0. The van der Waals surface area contributed by atoms with Gasteiger partial charge in [-0.25, -0.2) is 0 Å². The number of methoxy groups -OCH3 is 1. The number of aryl methyl sites for hydroxylation is 1. The molecule has 360 valence electrons. The molecule has 0 aliphatic heterocycles. The standard InChI is InChI=1S/C15H10F3NO.C15H13NO2.C15H13NO.C14H10ClNO/c16-15(17,18)10-1-2-11-13(7-10)12(8-14(11)20)9-3-5-19-6-4-9;1-18-14-4-2-3-11-13(17)9-12(15(11)14)10-5-7-16-8-6-10;1-10-2-3-12-9-14(15(17)13(12)8-10)11-4-6-16-7-5-11;15-10-1-2-11-12(8-14(17)13(11)7-10)9-3-5-16-6-4-9/h1-7,12H,8H2;2-8,12H,9H2,1H3;2-8,14H,9H2,1H3;1-7,12H,8H2. The first-order valence-corrected chi connectivity index (χ1v) is 23.7. The van der Waals surface area contributed by atoms with Crippen molar-refractivity contribution in [3.8, 4) is 5.75 Å². The van der Waals surface area contributed by atoms with Crippen molar-refractivity contribution in [1.82, 2.24) is 19.9 Å². The van der Waals surface area contributed by atoms with Gasteiger partial charge in [0.1, 0.15) is 5.75 Å². The molecule has 0 saturated heterocycles. The molecular weight excluding hydrogens is 937 g/mol. The molecule has 13 heteroatoms. The van der Waals surface area contributed by atoms with E-state index in [1.54, 1.807) is 74.9 Å². The van der Waals surface area contributed by atoms with E-state index in [1.165, 1.54) is 11.6 Å². The summed E-state index contributed by atoms with van der Waals surface area (Å²) in [7, 11) is 1.64. The van der Waals surface area contributed by atoms with Gasteiger partial charge in [-0.1, -0.05) is 53.6 Å². The van der Waals surface area contributed by atoms with Crippen LogP contribution >= 0.6 is 11.6 Å². The van der Waals surface area contributed by atoms with Crippen LogP contribution in [0.5, 0.6) is 5.75 Å². The highest BCUT2D eigenvalue weighted by atomic mass is 35.5. The van der Waals surface area contributed by atoms with Gasteiger partial charge in [0.05, 0.1) is 18.6 Å². The highest BCUT2D eigenvalue weighted by Crippen LogP contribution is 2.44. The zero-order valence-electron chi connectivity index (χ0n) is 39.1. The number of rotatable bonds is 5. The van der Waals surface area contributed by atoms with E-state index in [1.807, 2.05) is 79.7 Å². The van der Waals surface area contributed by atoms with Crippen LogP contribution in [0.4, 0.5) is 13.2 Å². The molecule has 8 aromatic rings. The van der Waals surface area contributed by atoms with Gasteiger partial charge in [-0.2, -0.15) is 13.2 Å². The summed E-state index contributed by atoms with van der Waals surface area (Å²) >= 11 is 5.92. The number of nitrogens with zero attached hydrogens (tertiary/aromatic N) is 4. The first-order valence-electron chi connectivity index (χ1n) is 23.3. The molecule has 4 unspecified atom stereocenters. The average Bonchev–Trinajstić information content (AvgIpc) is 4.14. The number of ether oxygens (including phenoxy) is 1. The number of pyridine rings is 4. The first kappa shape index (κ1) is 49.0. The smallest absolute Gasteiger partial charge is 0.416 e. The fourth-order valence-corrected chi connectivity index (χ4v) is 10.2. The molecule has 72 heavy (non-hydrogen) atoms. The highest BCUT2D eigenvalue weighted by molar-refractivity contribution is 6.31. The molecule has 4 atom stereocenters. The summed E-state index contributed by atoms with van der Waals surface area (Å²) in [5, 5.41) is 0.618. The lowest BCUT2D eigenvalue weighted by Gasteiger charge is -2.14. The van der Waals surface area contributed by atoms with Gasteiger partial charge in [0.15, 0.2) is 23.1 Å². The minimum absolute atomic E-state index is 0.0187. The molecule has 0 saturated carbocycles. The molecular formula is C59H46ClF3N4O5. The van der Waals surface area contributed by atoms with Gasteiger partial charge in [0.25, 0.3) is 0 Å². The summed E-state index contributed by atoms with van der Waals surface area (Å²) in [6.07, 6.45) is 11.3. The molecule has 4 heterocycles. The van der Waals surface area contributed by atoms with E-state index in [-0.39, 0.29) is 53.2 Å². The number of Topliss-reactive ketones (excluding diaryl/α,β-unsaturated/α-hetero) is 4. The largest absolute Gasteiger partial charge is 0.496 e. The molecule has 4 aliphatic rings. The fourth-order valence-electron chi connectivity index (χ4n) is 10.0. The van der Waals surface area contributed by atoms with Gasteiger partial charge < -0.3 is 4.74 Å². The normalized spacial score (nSPS) is 18.0. The number of hydrogen-bond donors (Lipinski definition) is 0. The summed E-state index contributed by atoms with van der Waals surface area (Å²) in [5.41, 5.74) is 11.1. The molecule has 0 bridgehead atoms. The number of carbonyl (C=O) groups is 4. The van der Waals surface area contributed by atoms with Crippen molar-refractivity contribution in [2.24, 2.45) is 0 Å². The average molecular weight is 983 g/mol. The van der Waals surface area contributed by atoms with Crippen LogP contribution in [0.15, 0.2) is 171 Å². The van der Waals surface area contributed by atoms with Crippen molar-refractivity contribution in [2.75, 3.05) is 7.11 Å². The highest BCUT2D eigenvalue weighted by Gasteiger charge is 2.37. The molecule has 0 amide bonds. The SMILES string of the molecule is COc1cccc2c1C(c1ccncc1)CC2=O.Cc1ccc2c(c1)C(=O)C(c1ccncc1)C2.O=C1CC(c2ccncc2)c2cc(C(F)(F)F)ccc21.O=C1CC(c2ccncc2)c2ccc(Cl)cc21.